The SMILES string of the molecule is CC[C@@H]1C(=O)N(C)c2cnc(Nc3ccc(C(=O)Nc4ccc(C=CC[C@H](NC5CCCC5)C(=O)O)cc4)cc3OC)nc2N1C1CCCC1. The highest BCUT2D eigenvalue weighted by molar-refractivity contribution is 6.05. The Balaban J connectivity index is 1.10. The van der Waals surface area contributed by atoms with Crippen LogP contribution in [0.4, 0.5) is 28.8 Å². The molecule has 2 heterocycles. The molecular weight excluding hydrogens is 634 g/mol. The lowest BCUT2D eigenvalue weighted by Crippen LogP contribution is -2.55. The summed E-state index contributed by atoms with van der Waals surface area (Å²) in [7, 11) is 3.32. The first-order valence-corrected chi connectivity index (χ1v) is 17.7. The molecule has 12 heteroatoms. The smallest absolute Gasteiger partial charge is 0.321 e. The Hall–Kier alpha value is -4.97. The van der Waals surface area contributed by atoms with E-state index in [-0.39, 0.29) is 29.9 Å². The molecule has 2 fully saturated rings. The van der Waals surface area contributed by atoms with Crippen molar-refractivity contribution < 1.29 is 24.2 Å². The molecule has 0 unspecified atom stereocenters. The van der Waals surface area contributed by atoms with Crippen molar-refractivity contribution in [2.45, 2.75) is 95.3 Å². The predicted octanol–water partition coefficient (Wildman–Crippen LogP) is 6.37. The van der Waals surface area contributed by atoms with E-state index in [0.29, 0.717) is 47.2 Å². The van der Waals surface area contributed by atoms with E-state index in [0.717, 1.165) is 62.7 Å². The van der Waals surface area contributed by atoms with Gasteiger partial charge in [-0.15, -0.1) is 0 Å². The zero-order chi connectivity index (χ0) is 35.2. The molecule has 2 amide bonds. The van der Waals surface area contributed by atoms with E-state index >= 15 is 0 Å². The first-order chi connectivity index (χ1) is 24.2. The van der Waals surface area contributed by atoms with Gasteiger partial charge >= 0.3 is 5.97 Å². The maximum atomic E-state index is 13.2. The molecule has 2 aromatic carbocycles. The number of hydrogen-bond donors (Lipinski definition) is 4. The van der Waals surface area contributed by atoms with Crippen molar-refractivity contribution in [3.63, 3.8) is 0 Å². The van der Waals surface area contributed by atoms with E-state index in [4.69, 9.17) is 9.72 Å². The molecule has 3 aliphatic rings. The molecule has 0 saturated heterocycles. The monoisotopic (exact) mass is 681 g/mol. The Labute approximate surface area is 293 Å². The maximum Gasteiger partial charge on any atom is 0.321 e. The maximum absolute atomic E-state index is 13.2. The van der Waals surface area contributed by atoms with Gasteiger partial charge in [0.2, 0.25) is 11.9 Å². The molecule has 2 saturated carbocycles. The number of methoxy groups -OCH3 is 1. The lowest BCUT2D eigenvalue weighted by molar-refractivity contribution is -0.139. The van der Waals surface area contributed by atoms with E-state index in [2.05, 4.69) is 25.8 Å². The van der Waals surface area contributed by atoms with Crippen LogP contribution in [0.5, 0.6) is 5.75 Å². The molecule has 50 heavy (non-hydrogen) atoms. The van der Waals surface area contributed by atoms with E-state index in [1.54, 1.807) is 43.5 Å². The summed E-state index contributed by atoms with van der Waals surface area (Å²) in [6, 6.07) is 12.2. The first kappa shape index (κ1) is 34.9. The number of likely N-dealkylation sites (N-methyl/N-ethyl adjacent to an activating group) is 1. The normalized spacial score (nSPS) is 18.8. The predicted molar refractivity (Wildman–Crippen MR) is 195 cm³/mol. The Morgan fingerprint density at radius 3 is 2.46 bits per heavy atom. The largest absolute Gasteiger partial charge is 0.495 e. The number of hydrogen-bond acceptors (Lipinski definition) is 9. The van der Waals surface area contributed by atoms with Crippen LogP contribution in [-0.4, -0.2) is 71.2 Å². The highest BCUT2D eigenvalue weighted by atomic mass is 16.5. The number of nitrogens with zero attached hydrogens (tertiary/aromatic N) is 4. The van der Waals surface area contributed by atoms with Crippen LogP contribution in [0.25, 0.3) is 6.08 Å². The molecule has 4 N–H and O–H groups in total. The second kappa shape index (κ2) is 15.7. The number of anilines is 5. The Morgan fingerprint density at radius 2 is 1.78 bits per heavy atom. The number of carbonyl (C=O) groups is 3. The number of nitrogens with one attached hydrogen (secondary N) is 3. The summed E-state index contributed by atoms with van der Waals surface area (Å²) in [5.41, 5.74) is 3.24. The van der Waals surface area contributed by atoms with Gasteiger partial charge in [-0.25, -0.2) is 4.98 Å². The van der Waals surface area contributed by atoms with Gasteiger partial charge in [0.25, 0.3) is 5.91 Å². The number of amides is 2. The fraction of sp³-hybridized carbons (Fsp3) is 0.447. The van der Waals surface area contributed by atoms with Gasteiger partial charge in [0.1, 0.15) is 23.5 Å². The van der Waals surface area contributed by atoms with Gasteiger partial charge in [0.05, 0.1) is 19.0 Å². The van der Waals surface area contributed by atoms with Crippen LogP contribution >= 0.6 is 0 Å². The number of benzene rings is 2. The van der Waals surface area contributed by atoms with Crippen LogP contribution in [-0.2, 0) is 9.59 Å². The first-order valence-electron chi connectivity index (χ1n) is 17.7. The number of carboxylic acids is 1. The minimum absolute atomic E-state index is 0.0629. The van der Waals surface area contributed by atoms with Crippen molar-refractivity contribution in [1.82, 2.24) is 15.3 Å². The van der Waals surface area contributed by atoms with Gasteiger partial charge in [0.15, 0.2) is 5.82 Å². The van der Waals surface area contributed by atoms with Gasteiger partial charge in [-0.1, -0.05) is 56.9 Å². The molecule has 264 valence electrons. The number of carbonyl (C=O) groups excluding carboxylic acids is 2. The van der Waals surface area contributed by atoms with Crippen molar-refractivity contribution in [3.8, 4) is 5.75 Å². The number of ether oxygens (including phenoxy) is 1. The molecule has 0 bridgehead atoms. The Bertz CT molecular complexity index is 1720. The molecule has 1 aromatic heterocycles. The number of carboxylic acid groups (broad SMARTS) is 1. The number of fused-ring (bicyclic) bond motifs is 1. The Kier molecular flexibility index (Phi) is 11.0. The third-order valence-corrected chi connectivity index (χ3v) is 10.1. The summed E-state index contributed by atoms with van der Waals surface area (Å²) in [6.45, 7) is 2.04. The Morgan fingerprint density at radius 1 is 1.06 bits per heavy atom. The van der Waals surface area contributed by atoms with Crippen molar-refractivity contribution in [3.05, 3.63) is 65.9 Å². The summed E-state index contributed by atoms with van der Waals surface area (Å²) in [5.74, 6) is 0.504. The zero-order valence-electron chi connectivity index (χ0n) is 29.0. The minimum Gasteiger partial charge on any atom is -0.495 e. The van der Waals surface area contributed by atoms with E-state index < -0.39 is 12.0 Å². The lowest BCUT2D eigenvalue weighted by Gasteiger charge is -2.43. The fourth-order valence-electron chi connectivity index (χ4n) is 7.34. The van der Waals surface area contributed by atoms with Crippen LogP contribution in [0.15, 0.2) is 54.7 Å². The lowest BCUT2D eigenvalue weighted by atomic mass is 10.0. The molecule has 12 nitrogen and oxygen atoms in total. The van der Waals surface area contributed by atoms with E-state index in [1.165, 1.54) is 0 Å². The van der Waals surface area contributed by atoms with Crippen molar-refractivity contribution >= 4 is 52.7 Å². The number of rotatable bonds is 13. The molecule has 0 spiro atoms. The highest BCUT2D eigenvalue weighted by Gasteiger charge is 2.41. The van der Waals surface area contributed by atoms with Crippen LogP contribution in [0, 0.1) is 0 Å². The second-order valence-corrected chi connectivity index (χ2v) is 13.4. The topological polar surface area (TPSA) is 149 Å². The minimum atomic E-state index is -0.838. The summed E-state index contributed by atoms with van der Waals surface area (Å²) in [6.07, 6.45) is 15.2. The van der Waals surface area contributed by atoms with Gasteiger partial charge in [-0.3, -0.25) is 14.4 Å². The van der Waals surface area contributed by atoms with Crippen molar-refractivity contribution in [2.24, 2.45) is 0 Å². The third-order valence-electron chi connectivity index (χ3n) is 10.1. The quantitative estimate of drug-likeness (QED) is 0.160. The fourth-order valence-corrected chi connectivity index (χ4v) is 7.34. The molecule has 6 rings (SSSR count). The summed E-state index contributed by atoms with van der Waals surface area (Å²) < 4.78 is 5.65. The van der Waals surface area contributed by atoms with Crippen LogP contribution in [0.1, 0.15) is 87.1 Å². The van der Waals surface area contributed by atoms with Gasteiger partial charge in [0, 0.05) is 30.4 Å². The van der Waals surface area contributed by atoms with Crippen molar-refractivity contribution in [1.29, 1.82) is 0 Å². The number of aliphatic carboxylic acids is 1. The molecule has 3 aromatic rings. The van der Waals surface area contributed by atoms with E-state index in [1.807, 2.05) is 43.3 Å². The molecular formula is C38H47N7O5. The molecule has 2 aliphatic carbocycles. The third kappa shape index (κ3) is 7.75. The summed E-state index contributed by atoms with van der Waals surface area (Å²) in [5, 5.41) is 19.1. The van der Waals surface area contributed by atoms with Crippen LogP contribution in [0.3, 0.4) is 0 Å². The number of aromatic nitrogens is 2. The average molecular weight is 682 g/mol. The van der Waals surface area contributed by atoms with Gasteiger partial charge in [-0.2, -0.15) is 4.98 Å². The van der Waals surface area contributed by atoms with E-state index in [9.17, 15) is 19.5 Å². The van der Waals surface area contributed by atoms with Gasteiger partial charge < -0.3 is 35.6 Å². The van der Waals surface area contributed by atoms with Crippen LogP contribution in [0.2, 0.25) is 0 Å². The summed E-state index contributed by atoms with van der Waals surface area (Å²) in [4.78, 5) is 51.4. The zero-order valence-corrected chi connectivity index (χ0v) is 29.0. The van der Waals surface area contributed by atoms with Crippen LogP contribution < -0.4 is 30.5 Å². The molecule has 1 aliphatic heterocycles. The average Bonchev–Trinajstić information content (AvgIpc) is 3.85. The standard InChI is InChI=1S/C38H47N7O5/c1-4-31-36(47)44(2)32-23-39-38(43-34(32)45(31)28-13-7-8-14-28)42-29-21-18-25(22-33(29)50-3)35(46)41-27-19-16-24(17-20-27)10-9-15-30(37(48)49)40-26-11-5-6-12-26/h9-10,16-23,26,28,30-31,40H,4-8,11-15H2,1-3H3,(H,41,46)(H,48,49)(H,39,42,43)/t30-,31+/m0/s1. The van der Waals surface area contributed by atoms with Crippen molar-refractivity contribution in [2.75, 3.05) is 34.6 Å². The molecule has 0 radical (unpaired) electrons. The van der Waals surface area contributed by atoms with Gasteiger partial charge in [-0.05, 0) is 74.4 Å². The summed E-state index contributed by atoms with van der Waals surface area (Å²) >= 11 is 0. The molecule has 2 atom stereocenters. The second-order valence-electron chi connectivity index (χ2n) is 13.4. The highest BCUT2D eigenvalue weighted by Crippen LogP contribution is 2.40.